The number of benzene rings is 2. The van der Waals surface area contributed by atoms with E-state index in [1.54, 1.807) is 62.4 Å². The van der Waals surface area contributed by atoms with Gasteiger partial charge in [0.25, 0.3) is 5.91 Å². The molecule has 35 heavy (non-hydrogen) atoms. The van der Waals surface area contributed by atoms with Crippen molar-refractivity contribution in [3.05, 3.63) is 54.1 Å². The Morgan fingerprint density at radius 1 is 0.743 bits per heavy atom. The first kappa shape index (κ1) is 26.0. The molecular formula is C23H21N7O5. The van der Waals surface area contributed by atoms with Gasteiger partial charge in [-0.05, 0) is 62.4 Å². The fraction of sp³-hybridized carbons (Fsp3) is 0.174. The molecule has 0 unspecified atom stereocenters. The normalized spacial score (nSPS) is 10.9. The Morgan fingerprint density at radius 2 is 1.14 bits per heavy atom. The molecule has 12 nitrogen and oxygen atoms in total. The monoisotopic (exact) mass is 475 g/mol. The zero-order valence-corrected chi connectivity index (χ0v) is 18.9. The maximum absolute atomic E-state index is 12.5. The molecule has 2 aromatic carbocycles. The zero-order chi connectivity index (χ0) is 25.6. The van der Waals surface area contributed by atoms with Gasteiger partial charge < -0.3 is 14.8 Å². The smallest absolute Gasteiger partial charge is 0.369 e. The fourth-order valence-corrected chi connectivity index (χ4v) is 2.40. The molecule has 0 aromatic heterocycles. The van der Waals surface area contributed by atoms with Crippen molar-refractivity contribution in [2.75, 3.05) is 29.4 Å². The standard InChI is InChI=1S/C23H21N7O5/c1-3-34-22(32)19(13-24)29-27-17-7-5-15(6-8-17)21(31)26-16-9-11-18(12-10-16)28-30-20(14-25)23(33)35-4-2/h5-12,27-28H,3-4H2,1-2H3,(H,26,31). The van der Waals surface area contributed by atoms with Crippen molar-refractivity contribution >= 4 is 46.3 Å². The summed E-state index contributed by atoms with van der Waals surface area (Å²) in [4.78, 5) is 35.6. The van der Waals surface area contributed by atoms with Gasteiger partial charge in [0.15, 0.2) is 0 Å². The summed E-state index contributed by atoms with van der Waals surface area (Å²) in [6, 6.07) is 15.9. The van der Waals surface area contributed by atoms with E-state index < -0.39 is 23.4 Å². The fourth-order valence-electron chi connectivity index (χ4n) is 2.40. The van der Waals surface area contributed by atoms with Gasteiger partial charge in [-0.25, -0.2) is 9.59 Å². The van der Waals surface area contributed by atoms with Crippen molar-refractivity contribution in [1.29, 1.82) is 10.5 Å². The lowest BCUT2D eigenvalue weighted by Crippen LogP contribution is -2.17. The number of nitrogens with one attached hydrogen (secondary N) is 3. The highest BCUT2D eigenvalue weighted by Gasteiger charge is 2.13. The second-order valence-electron chi connectivity index (χ2n) is 6.42. The van der Waals surface area contributed by atoms with Gasteiger partial charge in [-0.15, -0.1) is 0 Å². The van der Waals surface area contributed by atoms with Crippen LogP contribution in [0.3, 0.4) is 0 Å². The Balaban J connectivity index is 1.97. The summed E-state index contributed by atoms with van der Waals surface area (Å²) in [5.74, 6) is -2.04. The molecule has 0 saturated heterocycles. The van der Waals surface area contributed by atoms with Crippen LogP contribution in [0, 0.1) is 22.7 Å². The highest BCUT2D eigenvalue weighted by molar-refractivity contribution is 6.43. The highest BCUT2D eigenvalue weighted by atomic mass is 16.5. The molecule has 178 valence electrons. The first-order valence-electron chi connectivity index (χ1n) is 10.2. The Kier molecular flexibility index (Phi) is 9.93. The van der Waals surface area contributed by atoms with Gasteiger partial charge in [0.05, 0.1) is 24.6 Å². The molecule has 0 radical (unpaired) electrons. The van der Waals surface area contributed by atoms with Crippen molar-refractivity contribution in [3.8, 4) is 12.1 Å². The van der Waals surface area contributed by atoms with Crippen molar-refractivity contribution in [2.45, 2.75) is 13.8 Å². The number of amides is 1. The third kappa shape index (κ3) is 8.00. The SMILES string of the molecule is CCOC(=O)C(C#N)=NNc1ccc(NC(=O)c2ccc(NN=C(C#N)C(=O)OCC)cc2)cc1. The lowest BCUT2D eigenvalue weighted by atomic mass is 10.2. The molecule has 12 heteroatoms. The number of ether oxygens (including phenoxy) is 2. The molecule has 0 aliphatic rings. The van der Waals surface area contributed by atoms with Crippen LogP contribution in [-0.2, 0) is 19.1 Å². The minimum Gasteiger partial charge on any atom is -0.461 e. The largest absolute Gasteiger partial charge is 0.461 e. The van der Waals surface area contributed by atoms with E-state index in [9.17, 15) is 14.4 Å². The number of carbonyl (C=O) groups is 3. The summed E-state index contributed by atoms with van der Waals surface area (Å²) in [7, 11) is 0. The van der Waals surface area contributed by atoms with Crippen LogP contribution in [0.15, 0.2) is 58.7 Å². The summed E-state index contributed by atoms with van der Waals surface area (Å²) in [5.41, 5.74) is 6.07. The molecule has 0 fully saturated rings. The summed E-state index contributed by atoms with van der Waals surface area (Å²) in [6.45, 7) is 3.48. The number of hydrogen-bond donors (Lipinski definition) is 3. The van der Waals surface area contributed by atoms with Gasteiger partial charge in [0, 0.05) is 11.3 Å². The Labute approximate surface area is 200 Å². The van der Waals surface area contributed by atoms with E-state index >= 15 is 0 Å². The van der Waals surface area contributed by atoms with Gasteiger partial charge in [-0.2, -0.15) is 20.7 Å². The van der Waals surface area contributed by atoms with Crippen molar-refractivity contribution in [1.82, 2.24) is 0 Å². The number of nitrogens with zero attached hydrogens (tertiary/aromatic N) is 4. The molecule has 2 aromatic rings. The molecule has 0 heterocycles. The average Bonchev–Trinajstić information content (AvgIpc) is 2.86. The van der Waals surface area contributed by atoms with E-state index in [4.69, 9.17) is 20.0 Å². The molecule has 0 bridgehead atoms. The topological polar surface area (TPSA) is 178 Å². The van der Waals surface area contributed by atoms with Gasteiger partial charge >= 0.3 is 11.9 Å². The van der Waals surface area contributed by atoms with Crippen LogP contribution in [0.2, 0.25) is 0 Å². The first-order chi connectivity index (χ1) is 16.9. The maximum atomic E-state index is 12.5. The van der Waals surface area contributed by atoms with Crippen molar-refractivity contribution in [2.24, 2.45) is 10.2 Å². The van der Waals surface area contributed by atoms with E-state index in [1.165, 1.54) is 12.1 Å². The van der Waals surface area contributed by atoms with E-state index in [1.807, 2.05) is 0 Å². The Bertz CT molecular complexity index is 1210. The van der Waals surface area contributed by atoms with Gasteiger partial charge in [0.1, 0.15) is 12.1 Å². The first-order valence-corrected chi connectivity index (χ1v) is 10.2. The number of hydrogen-bond acceptors (Lipinski definition) is 11. The minimum atomic E-state index is -0.837. The van der Waals surface area contributed by atoms with Crippen LogP contribution in [-0.4, -0.2) is 42.5 Å². The third-order valence-electron chi connectivity index (χ3n) is 4.03. The van der Waals surface area contributed by atoms with Crippen LogP contribution >= 0.6 is 0 Å². The van der Waals surface area contributed by atoms with Crippen molar-refractivity contribution < 1.29 is 23.9 Å². The molecule has 0 spiro atoms. The van der Waals surface area contributed by atoms with Gasteiger partial charge in [-0.1, -0.05) is 0 Å². The van der Waals surface area contributed by atoms with Crippen molar-refractivity contribution in [3.63, 3.8) is 0 Å². The lowest BCUT2D eigenvalue weighted by molar-refractivity contribution is -0.135. The van der Waals surface area contributed by atoms with E-state index in [0.29, 0.717) is 22.6 Å². The average molecular weight is 475 g/mol. The van der Waals surface area contributed by atoms with Crippen LogP contribution in [0.4, 0.5) is 17.1 Å². The number of nitriles is 2. The molecule has 1 amide bonds. The van der Waals surface area contributed by atoms with E-state index in [2.05, 4.69) is 26.4 Å². The van der Waals surface area contributed by atoms with Crippen LogP contribution in [0.25, 0.3) is 0 Å². The minimum absolute atomic E-state index is 0.119. The second-order valence-corrected chi connectivity index (χ2v) is 6.42. The Morgan fingerprint density at radius 3 is 1.54 bits per heavy atom. The number of rotatable bonds is 10. The van der Waals surface area contributed by atoms with Gasteiger partial charge in [0.2, 0.25) is 11.4 Å². The molecule has 0 aliphatic carbocycles. The molecule has 0 aliphatic heterocycles. The number of anilines is 3. The predicted octanol–water partition coefficient (Wildman–Crippen LogP) is 2.65. The molecule has 0 saturated carbocycles. The van der Waals surface area contributed by atoms with Crippen LogP contribution in [0.1, 0.15) is 24.2 Å². The predicted molar refractivity (Wildman–Crippen MR) is 127 cm³/mol. The summed E-state index contributed by atoms with van der Waals surface area (Å²) in [6.07, 6.45) is 0. The van der Waals surface area contributed by atoms with Crippen LogP contribution in [0.5, 0.6) is 0 Å². The number of carbonyl (C=O) groups excluding carboxylic acids is 3. The summed E-state index contributed by atoms with van der Waals surface area (Å²) in [5, 5.41) is 28.1. The van der Waals surface area contributed by atoms with E-state index in [0.717, 1.165) is 0 Å². The Hall–Kier alpha value is -5.23. The van der Waals surface area contributed by atoms with Crippen LogP contribution < -0.4 is 16.2 Å². The van der Waals surface area contributed by atoms with E-state index in [-0.39, 0.29) is 19.1 Å². The third-order valence-corrected chi connectivity index (χ3v) is 4.03. The maximum Gasteiger partial charge on any atom is 0.369 e. The lowest BCUT2D eigenvalue weighted by Gasteiger charge is -2.08. The molecule has 2 rings (SSSR count). The zero-order valence-electron chi connectivity index (χ0n) is 18.9. The highest BCUT2D eigenvalue weighted by Crippen LogP contribution is 2.16. The molecule has 0 atom stereocenters. The van der Waals surface area contributed by atoms with Gasteiger partial charge in [-0.3, -0.25) is 15.6 Å². The molecule has 3 N–H and O–H groups in total. The quantitative estimate of drug-likeness (QED) is 0.265. The number of esters is 2. The number of hydrazone groups is 2. The summed E-state index contributed by atoms with van der Waals surface area (Å²) < 4.78 is 9.44. The summed E-state index contributed by atoms with van der Waals surface area (Å²) >= 11 is 0. The second kappa shape index (κ2) is 13.3. The molecular weight excluding hydrogens is 454 g/mol.